The van der Waals surface area contributed by atoms with Crippen LogP contribution in [0.3, 0.4) is 0 Å². The number of alkyl halides is 1. The van der Waals surface area contributed by atoms with Gasteiger partial charge in [-0.15, -0.1) is 0 Å². The maximum absolute atomic E-state index is 10.3. The summed E-state index contributed by atoms with van der Waals surface area (Å²) in [7, 11) is 1.68. The first kappa shape index (κ1) is 17.4. The summed E-state index contributed by atoms with van der Waals surface area (Å²) in [5.74, 6) is 0.764. The minimum absolute atomic E-state index is 0.130. The number of carbonyl (C=O) groups excluding carboxylic acids is 1. The zero-order valence-corrected chi connectivity index (χ0v) is 12.9. The van der Waals surface area contributed by atoms with Gasteiger partial charge in [-0.05, 0) is 31.2 Å². The number of methoxy groups -OCH3 is 1. The third-order valence-corrected chi connectivity index (χ3v) is 2.84. The van der Waals surface area contributed by atoms with Gasteiger partial charge in [-0.25, -0.2) is 0 Å². The number of benzene rings is 1. The first-order chi connectivity index (χ1) is 8.63. The molecule has 0 radical (unpaired) electrons. The molecule has 1 rings (SSSR count). The lowest BCUT2D eigenvalue weighted by atomic mass is 10.3. The van der Waals surface area contributed by atoms with Crippen LogP contribution in [-0.2, 0) is 9.53 Å². The van der Waals surface area contributed by atoms with E-state index in [4.69, 9.17) is 16.3 Å². The van der Waals surface area contributed by atoms with Crippen molar-refractivity contribution in [1.82, 2.24) is 0 Å². The highest BCUT2D eigenvalue weighted by molar-refractivity contribution is 9.09. The van der Waals surface area contributed by atoms with Gasteiger partial charge < -0.3 is 14.3 Å². The van der Waals surface area contributed by atoms with Gasteiger partial charge in [-0.1, -0.05) is 27.5 Å². The third-order valence-electron chi connectivity index (χ3n) is 1.91. The number of hydrogen-bond donors (Lipinski definition) is 0. The predicted octanol–water partition coefficient (Wildman–Crippen LogP) is 3.72. The summed E-state index contributed by atoms with van der Waals surface area (Å²) in [5.41, 5.74) is 0. The lowest BCUT2D eigenvalue weighted by Crippen LogP contribution is -2.06. The van der Waals surface area contributed by atoms with Crippen LogP contribution in [0.15, 0.2) is 24.3 Å². The van der Waals surface area contributed by atoms with Crippen LogP contribution in [0.5, 0.6) is 5.75 Å². The van der Waals surface area contributed by atoms with Crippen molar-refractivity contribution in [2.24, 2.45) is 0 Å². The van der Waals surface area contributed by atoms with Crippen LogP contribution < -0.4 is 4.74 Å². The van der Waals surface area contributed by atoms with Crippen molar-refractivity contribution in [2.45, 2.75) is 18.2 Å². The summed E-state index contributed by atoms with van der Waals surface area (Å²) >= 11 is 8.90. The number of halogens is 2. The fourth-order valence-corrected chi connectivity index (χ4v) is 1.20. The van der Waals surface area contributed by atoms with Gasteiger partial charge in [0, 0.05) is 25.2 Å². The van der Waals surface area contributed by atoms with E-state index in [0.29, 0.717) is 18.1 Å². The Morgan fingerprint density at radius 3 is 2.39 bits per heavy atom. The Morgan fingerprint density at radius 1 is 1.39 bits per heavy atom. The zero-order valence-electron chi connectivity index (χ0n) is 10.6. The number of aldehydes is 1. The first-order valence-corrected chi connectivity index (χ1v) is 6.90. The van der Waals surface area contributed by atoms with Crippen LogP contribution >= 0.6 is 27.5 Å². The van der Waals surface area contributed by atoms with Gasteiger partial charge in [-0.3, -0.25) is 0 Å². The fraction of sp³-hybridized carbons (Fsp3) is 0.462. The molecular weight excluding hydrogens is 319 g/mol. The average molecular weight is 338 g/mol. The molecule has 0 aliphatic heterocycles. The molecule has 3 nitrogen and oxygen atoms in total. The van der Waals surface area contributed by atoms with Crippen LogP contribution in [0.4, 0.5) is 0 Å². The van der Waals surface area contributed by atoms with E-state index < -0.39 is 0 Å². The second kappa shape index (κ2) is 11.5. The molecule has 102 valence electrons. The molecule has 0 fully saturated rings. The van der Waals surface area contributed by atoms with E-state index in [1.54, 1.807) is 31.4 Å². The molecule has 0 amide bonds. The van der Waals surface area contributed by atoms with Crippen molar-refractivity contribution in [3.63, 3.8) is 0 Å². The van der Waals surface area contributed by atoms with E-state index in [9.17, 15) is 4.79 Å². The van der Waals surface area contributed by atoms with Crippen molar-refractivity contribution in [3.8, 4) is 5.75 Å². The Balaban J connectivity index is 0.000000631. The van der Waals surface area contributed by atoms with Crippen molar-refractivity contribution in [2.75, 3.05) is 20.3 Å². The molecule has 1 aromatic carbocycles. The molecule has 0 saturated carbocycles. The van der Waals surface area contributed by atoms with E-state index in [2.05, 4.69) is 20.7 Å². The van der Waals surface area contributed by atoms with Gasteiger partial charge in [-0.2, -0.15) is 0 Å². The van der Waals surface area contributed by atoms with E-state index in [-0.39, 0.29) is 4.83 Å². The lowest BCUT2D eigenvalue weighted by molar-refractivity contribution is -0.107. The van der Waals surface area contributed by atoms with E-state index in [0.717, 1.165) is 18.6 Å². The topological polar surface area (TPSA) is 35.5 Å². The zero-order chi connectivity index (χ0) is 13.8. The summed E-state index contributed by atoms with van der Waals surface area (Å²) in [6.45, 7) is 3.29. The number of ether oxygens (including phenoxy) is 2. The molecule has 1 atom stereocenters. The van der Waals surface area contributed by atoms with Crippen molar-refractivity contribution in [3.05, 3.63) is 29.3 Å². The van der Waals surface area contributed by atoms with Crippen molar-refractivity contribution < 1.29 is 14.3 Å². The molecular formula is C13H18BrClO3. The number of rotatable bonds is 6. The van der Waals surface area contributed by atoms with Gasteiger partial charge in [0.1, 0.15) is 12.0 Å². The molecule has 0 spiro atoms. The highest BCUT2D eigenvalue weighted by Gasteiger charge is 2.01. The van der Waals surface area contributed by atoms with Crippen LogP contribution in [0.2, 0.25) is 5.02 Å². The quantitative estimate of drug-likeness (QED) is 0.586. The SMILES string of the molecule is CCOC.O=CC(Br)CCOc1ccc(Cl)cc1. The third kappa shape index (κ3) is 9.45. The van der Waals surface area contributed by atoms with Crippen molar-refractivity contribution in [1.29, 1.82) is 0 Å². The largest absolute Gasteiger partial charge is 0.494 e. The molecule has 0 aromatic heterocycles. The number of carbonyl (C=O) groups is 1. The summed E-state index contributed by atoms with van der Waals surface area (Å²) in [5, 5.41) is 0.684. The standard InChI is InChI=1S/C10H10BrClO2.C3H8O/c11-8(7-13)5-6-14-10-3-1-9(12)2-4-10;1-3-4-2/h1-4,7-8H,5-6H2;3H2,1-2H3. The Kier molecular flexibility index (Phi) is 11.1. The average Bonchev–Trinajstić information content (AvgIpc) is 2.41. The summed E-state index contributed by atoms with van der Waals surface area (Å²) in [6.07, 6.45) is 1.51. The van der Waals surface area contributed by atoms with E-state index in [1.165, 1.54) is 0 Å². The molecule has 5 heteroatoms. The Hall–Kier alpha value is -0.580. The van der Waals surface area contributed by atoms with E-state index in [1.807, 2.05) is 6.92 Å². The maximum atomic E-state index is 10.3. The Morgan fingerprint density at radius 2 is 1.94 bits per heavy atom. The predicted molar refractivity (Wildman–Crippen MR) is 77.9 cm³/mol. The monoisotopic (exact) mass is 336 g/mol. The fourth-order valence-electron chi connectivity index (χ4n) is 0.888. The molecule has 0 aliphatic rings. The molecule has 0 N–H and O–H groups in total. The molecule has 18 heavy (non-hydrogen) atoms. The second-order valence-corrected chi connectivity index (χ2v) is 4.93. The lowest BCUT2D eigenvalue weighted by Gasteiger charge is -2.06. The molecule has 0 bridgehead atoms. The number of hydrogen-bond acceptors (Lipinski definition) is 3. The van der Waals surface area contributed by atoms with Gasteiger partial charge >= 0.3 is 0 Å². The van der Waals surface area contributed by atoms with Crippen LogP contribution in [0.1, 0.15) is 13.3 Å². The summed E-state index contributed by atoms with van der Waals surface area (Å²) in [6, 6.07) is 7.13. The molecule has 1 aromatic rings. The first-order valence-electron chi connectivity index (χ1n) is 5.60. The Labute approximate surface area is 122 Å². The van der Waals surface area contributed by atoms with Gasteiger partial charge in [0.05, 0.1) is 11.4 Å². The Bertz CT molecular complexity index is 315. The minimum atomic E-state index is -0.130. The smallest absolute Gasteiger partial charge is 0.133 e. The second-order valence-electron chi connectivity index (χ2n) is 3.32. The maximum Gasteiger partial charge on any atom is 0.133 e. The molecule has 0 saturated heterocycles. The summed E-state index contributed by atoms with van der Waals surface area (Å²) in [4.78, 5) is 10.1. The highest BCUT2D eigenvalue weighted by atomic mass is 79.9. The van der Waals surface area contributed by atoms with Gasteiger partial charge in [0.25, 0.3) is 0 Å². The van der Waals surface area contributed by atoms with Crippen LogP contribution in [0.25, 0.3) is 0 Å². The molecule has 0 aliphatic carbocycles. The molecule has 1 unspecified atom stereocenters. The van der Waals surface area contributed by atoms with E-state index >= 15 is 0 Å². The van der Waals surface area contributed by atoms with Crippen LogP contribution in [0, 0.1) is 0 Å². The normalized spacial score (nSPS) is 11.1. The van der Waals surface area contributed by atoms with Crippen molar-refractivity contribution >= 4 is 33.8 Å². The minimum Gasteiger partial charge on any atom is -0.494 e. The highest BCUT2D eigenvalue weighted by Crippen LogP contribution is 2.16. The van der Waals surface area contributed by atoms with Gasteiger partial charge in [0.2, 0.25) is 0 Å². The molecule has 0 heterocycles. The summed E-state index contributed by atoms with van der Waals surface area (Å²) < 4.78 is 9.93. The van der Waals surface area contributed by atoms with Crippen LogP contribution in [-0.4, -0.2) is 31.4 Å². The van der Waals surface area contributed by atoms with Gasteiger partial charge in [0.15, 0.2) is 0 Å².